The molecule has 27 heavy (non-hydrogen) atoms. The van der Waals surface area contributed by atoms with Gasteiger partial charge in [0.15, 0.2) is 5.82 Å². The topological polar surface area (TPSA) is 62.3 Å². The molecule has 2 fully saturated rings. The molecule has 5 nitrogen and oxygen atoms in total. The quantitative estimate of drug-likeness (QED) is 0.665. The van der Waals surface area contributed by atoms with Crippen molar-refractivity contribution in [2.45, 2.75) is 6.42 Å². The zero-order valence-corrected chi connectivity index (χ0v) is 14.4. The number of likely N-dealkylation sites (tertiary alicyclic amines) is 1. The number of benzene rings is 1. The van der Waals surface area contributed by atoms with Crippen molar-refractivity contribution in [1.29, 1.82) is 0 Å². The van der Waals surface area contributed by atoms with E-state index in [4.69, 9.17) is 0 Å². The summed E-state index contributed by atoms with van der Waals surface area (Å²) in [6.45, 7) is 0.530. The van der Waals surface area contributed by atoms with Crippen LogP contribution in [0.25, 0.3) is 10.9 Å². The summed E-state index contributed by atoms with van der Waals surface area (Å²) >= 11 is 0. The summed E-state index contributed by atoms with van der Waals surface area (Å²) in [5, 5.41) is 3.41. The van der Waals surface area contributed by atoms with Gasteiger partial charge in [-0.1, -0.05) is 12.2 Å². The molecule has 4 atom stereocenters. The molecule has 2 amide bonds. The number of imide groups is 1. The van der Waals surface area contributed by atoms with Crippen LogP contribution < -0.4 is 5.32 Å². The summed E-state index contributed by atoms with van der Waals surface area (Å²) in [6, 6.07) is 3.63. The maximum Gasteiger partial charge on any atom is 0.233 e. The summed E-state index contributed by atoms with van der Waals surface area (Å²) in [5.41, 5.74) is 0.589. The van der Waals surface area contributed by atoms with Gasteiger partial charge in [-0.3, -0.25) is 19.5 Å². The van der Waals surface area contributed by atoms with Crippen molar-refractivity contribution >= 4 is 28.4 Å². The number of pyridine rings is 1. The molecule has 5 rings (SSSR count). The standard InChI is InChI=1S/C20H17F2N3O2/c21-12-8-13-15(3-4-24-18(13)14(22)9-12)23-5-6-25-19(26)16-10-1-2-11(7-10)17(16)20(25)27/h1-4,8-11,16-17H,5-7H2,(H,23,24). The lowest BCUT2D eigenvalue weighted by atomic mass is 9.85. The van der Waals surface area contributed by atoms with Gasteiger partial charge in [0.1, 0.15) is 11.3 Å². The van der Waals surface area contributed by atoms with E-state index in [1.54, 1.807) is 6.07 Å². The zero-order chi connectivity index (χ0) is 18.7. The zero-order valence-electron chi connectivity index (χ0n) is 14.4. The maximum atomic E-state index is 13.9. The molecule has 2 aliphatic carbocycles. The second kappa shape index (κ2) is 5.84. The fraction of sp³-hybridized carbons (Fsp3) is 0.350. The van der Waals surface area contributed by atoms with Crippen LogP contribution in [0.4, 0.5) is 14.5 Å². The SMILES string of the molecule is O=C1C2C3C=CC(C3)C2C(=O)N1CCNc1ccnc2c(F)cc(F)cc12. The number of hydrogen-bond donors (Lipinski definition) is 1. The lowest BCUT2D eigenvalue weighted by molar-refractivity contribution is -0.140. The van der Waals surface area contributed by atoms with Gasteiger partial charge < -0.3 is 5.32 Å². The van der Waals surface area contributed by atoms with Crippen LogP contribution in [0.1, 0.15) is 6.42 Å². The Morgan fingerprint density at radius 3 is 2.52 bits per heavy atom. The van der Waals surface area contributed by atoms with Crippen molar-refractivity contribution in [3.63, 3.8) is 0 Å². The molecule has 7 heteroatoms. The van der Waals surface area contributed by atoms with E-state index in [1.807, 2.05) is 0 Å². The van der Waals surface area contributed by atoms with Crippen LogP contribution in [0.5, 0.6) is 0 Å². The average molecular weight is 369 g/mol. The number of fused-ring (bicyclic) bond motifs is 6. The smallest absolute Gasteiger partial charge is 0.233 e. The molecule has 4 unspecified atom stereocenters. The van der Waals surface area contributed by atoms with Crippen molar-refractivity contribution in [2.75, 3.05) is 18.4 Å². The molecule has 1 saturated carbocycles. The molecule has 2 bridgehead atoms. The molecule has 1 aliphatic heterocycles. The summed E-state index contributed by atoms with van der Waals surface area (Å²) in [7, 11) is 0. The first-order valence-corrected chi connectivity index (χ1v) is 9.06. The number of amides is 2. The highest BCUT2D eigenvalue weighted by atomic mass is 19.1. The van der Waals surface area contributed by atoms with Gasteiger partial charge in [-0.05, 0) is 30.4 Å². The van der Waals surface area contributed by atoms with Crippen molar-refractivity contribution in [3.8, 4) is 0 Å². The van der Waals surface area contributed by atoms with E-state index in [-0.39, 0.29) is 47.5 Å². The third-order valence-electron chi connectivity index (χ3n) is 5.98. The minimum Gasteiger partial charge on any atom is -0.383 e. The van der Waals surface area contributed by atoms with Crippen LogP contribution in [0.15, 0.2) is 36.5 Å². The number of halogens is 2. The van der Waals surface area contributed by atoms with Crippen molar-refractivity contribution in [1.82, 2.24) is 9.88 Å². The van der Waals surface area contributed by atoms with Crippen LogP contribution in [0, 0.1) is 35.3 Å². The molecule has 3 aliphatic rings. The van der Waals surface area contributed by atoms with E-state index in [2.05, 4.69) is 22.5 Å². The fourth-order valence-electron chi connectivity index (χ4n) is 4.82. The first kappa shape index (κ1) is 16.4. The van der Waals surface area contributed by atoms with Crippen LogP contribution >= 0.6 is 0 Å². The molecule has 1 N–H and O–H groups in total. The Morgan fingerprint density at radius 2 is 1.81 bits per heavy atom. The summed E-state index contributed by atoms with van der Waals surface area (Å²) in [4.78, 5) is 30.6. The number of nitrogens with one attached hydrogen (secondary N) is 1. The molecular weight excluding hydrogens is 352 g/mol. The summed E-state index contributed by atoms with van der Waals surface area (Å²) in [6.07, 6.45) is 6.46. The normalized spacial score (nSPS) is 28.4. The van der Waals surface area contributed by atoms with Crippen molar-refractivity contribution in [2.24, 2.45) is 23.7 Å². The monoisotopic (exact) mass is 369 g/mol. The minimum atomic E-state index is -0.727. The Kier molecular flexibility index (Phi) is 3.54. The number of allylic oxidation sites excluding steroid dienone is 2. The van der Waals surface area contributed by atoms with E-state index < -0.39 is 11.6 Å². The number of carbonyl (C=O) groups excluding carboxylic acids is 2. The highest BCUT2D eigenvalue weighted by Crippen LogP contribution is 2.52. The molecule has 1 aromatic carbocycles. The van der Waals surface area contributed by atoms with Crippen LogP contribution in [-0.4, -0.2) is 34.8 Å². The van der Waals surface area contributed by atoms with Gasteiger partial charge in [-0.25, -0.2) is 8.78 Å². The van der Waals surface area contributed by atoms with Gasteiger partial charge in [0.2, 0.25) is 11.8 Å². The lowest BCUT2D eigenvalue weighted by Crippen LogP contribution is -2.36. The second-order valence-corrected chi connectivity index (χ2v) is 7.40. The van der Waals surface area contributed by atoms with Gasteiger partial charge in [0, 0.05) is 36.4 Å². The maximum absolute atomic E-state index is 13.9. The molecule has 138 valence electrons. The van der Waals surface area contributed by atoms with Gasteiger partial charge in [-0.2, -0.15) is 0 Å². The predicted molar refractivity (Wildman–Crippen MR) is 94.6 cm³/mol. The molecule has 1 saturated heterocycles. The number of hydrogen-bond acceptors (Lipinski definition) is 4. The van der Waals surface area contributed by atoms with E-state index >= 15 is 0 Å². The third-order valence-corrected chi connectivity index (χ3v) is 5.98. The van der Waals surface area contributed by atoms with Gasteiger partial charge >= 0.3 is 0 Å². The minimum absolute atomic E-state index is 0.0758. The number of carbonyl (C=O) groups is 2. The number of rotatable bonds is 4. The van der Waals surface area contributed by atoms with E-state index in [1.165, 1.54) is 17.2 Å². The summed E-state index contributed by atoms with van der Waals surface area (Å²) in [5.74, 6) is -1.66. The molecule has 2 aromatic rings. The molecule has 2 heterocycles. The summed E-state index contributed by atoms with van der Waals surface area (Å²) < 4.78 is 27.4. The van der Waals surface area contributed by atoms with Crippen molar-refractivity contribution in [3.05, 3.63) is 48.2 Å². The second-order valence-electron chi connectivity index (χ2n) is 7.40. The predicted octanol–water partition coefficient (Wildman–Crippen LogP) is 2.73. The van der Waals surface area contributed by atoms with Crippen LogP contribution in [0.2, 0.25) is 0 Å². The highest BCUT2D eigenvalue weighted by Gasteiger charge is 2.58. The van der Waals surface area contributed by atoms with Gasteiger partial charge in [0.25, 0.3) is 0 Å². The van der Waals surface area contributed by atoms with Crippen LogP contribution in [0.3, 0.4) is 0 Å². The third kappa shape index (κ3) is 2.37. The Labute approximate surface area is 154 Å². The van der Waals surface area contributed by atoms with Gasteiger partial charge in [0.05, 0.1) is 11.8 Å². The Balaban J connectivity index is 1.32. The first-order valence-electron chi connectivity index (χ1n) is 9.06. The highest BCUT2D eigenvalue weighted by molar-refractivity contribution is 6.06. The Morgan fingerprint density at radius 1 is 1.11 bits per heavy atom. The van der Waals surface area contributed by atoms with Crippen LogP contribution in [-0.2, 0) is 9.59 Å². The number of aromatic nitrogens is 1. The van der Waals surface area contributed by atoms with Gasteiger partial charge in [-0.15, -0.1) is 0 Å². The largest absolute Gasteiger partial charge is 0.383 e. The lowest BCUT2D eigenvalue weighted by Gasteiger charge is -2.18. The van der Waals surface area contributed by atoms with Crippen molar-refractivity contribution < 1.29 is 18.4 Å². The fourth-order valence-corrected chi connectivity index (χ4v) is 4.82. The first-order chi connectivity index (χ1) is 13.0. The van der Waals surface area contributed by atoms with E-state index in [0.717, 1.165) is 12.5 Å². The number of nitrogens with zero attached hydrogens (tertiary/aromatic N) is 2. The average Bonchev–Trinajstić information content (AvgIpc) is 3.31. The molecule has 0 spiro atoms. The number of anilines is 1. The molecule has 0 radical (unpaired) electrons. The Hall–Kier alpha value is -2.83. The molecular formula is C20H17F2N3O2. The van der Waals surface area contributed by atoms with E-state index in [0.29, 0.717) is 17.6 Å². The van der Waals surface area contributed by atoms with E-state index in [9.17, 15) is 18.4 Å². The molecule has 1 aromatic heterocycles. The Bertz CT molecular complexity index is 976.